The first-order valence-electron chi connectivity index (χ1n) is 20.0. The number of aliphatic hydroxyl groups is 7. The van der Waals surface area contributed by atoms with E-state index in [1.807, 2.05) is 0 Å². The van der Waals surface area contributed by atoms with Gasteiger partial charge in [-0.1, -0.05) is 65.3 Å². The van der Waals surface area contributed by atoms with Gasteiger partial charge in [0.25, 0.3) is 0 Å². The van der Waals surface area contributed by atoms with E-state index in [-0.39, 0.29) is 46.2 Å². The number of rotatable bonds is 5. The normalized spacial score (nSPS) is 53.7. The summed E-state index contributed by atoms with van der Waals surface area (Å²) < 4.78 is 23.7. The number of carbonyl (C=O) groups excluding carboxylic acids is 1. The highest BCUT2D eigenvalue weighted by molar-refractivity contribution is 5.80. The van der Waals surface area contributed by atoms with Crippen molar-refractivity contribution < 1.29 is 59.5 Å². The van der Waals surface area contributed by atoms with Gasteiger partial charge in [-0.15, -0.1) is 0 Å². The van der Waals surface area contributed by atoms with Gasteiger partial charge >= 0.3 is 5.97 Å². The molecule has 0 aromatic rings. The summed E-state index contributed by atoms with van der Waals surface area (Å²) in [6.07, 6.45) is -2.90. The Kier molecular flexibility index (Phi) is 10.2. The van der Waals surface area contributed by atoms with Gasteiger partial charge in [-0.2, -0.15) is 0 Å². The van der Waals surface area contributed by atoms with Crippen LogP contribution < -0.4 is 0 Å². The molecule has 4 saturated carbocycles. The summed E-state index contributed by atoms with van der Waals surface area (Å²) >= 11 is 0. The van der Waals surface area contributed by atoms with Gasteiger partial charge in [0.2, 0.25) is 6.29 Å². The van der Waals surface area contributed by atoms with E-state index >= 15 is 0 Å². The van der Waals surface area contributed by atoms with Crippen molar-refractivity contribution in [1.82, 2.24) is 0 Å². The van der Waals surface area contributed by atoms with E-state index in [1.54, 1.807) is 0 Å². The molecule has 2 saturated heterocycles. The number of hydrogen-bond donors (Lipinski definition) is 7. The van der Waals surface area contributed by atoms with E-state index in [0.29, 0.717) is 24.7 Å². The van der Waals surface area contributed by atoms with Crippen LogP contribution in [-0.2, 0) is 23.7 Å². The maximum absolute atomic E-state index is 14.5. The molecule has 7 rings (SSSR count). The van der Waals surface area contributed by atoms with Crippen LogP contribution in [0.2, 0.25) is 0 Å². The van der Waals surface area contributed by atoms with Gasteiger partial charge in [0.15, 0.2) is 6.29 Å². The van der Waals surface area contributed by atoms with Crippen LogP contribution in [0, 0.1) is 50.7 Å². The fourth-order valence-electron chi connectivity index (χ4n) is 13.1. The van der Waals surface area contributed by atoms with E-state index in [1.165, 1.54) is 5.57 Å². The molecule has 7 N–H and O–H groups in total. The first-order chi connectivity index (χ1) is 24.8. The summed E-state index contributed by atoms with van der Waals surface area (Å²) in [5.41, 5.74) is 0.768. The van der Waals surface area contributed by atoms with Crippen molar-refractivity contribution in [2.75, 3.05) is 13.2 Å². The predicted molar refractivity (Wildman–Crippen MR) is 191 cm³/mol. The highest BCUT2D eigenvalue weighted by Gasteiger charge is 2.70. The molecule has 2 aliphatic heterocycles. The molecule has 300 valence electrons. The zero-order valence-corrected chi connectivity index (χ0v) is 32.3. The third-order valence-electron chi connectivity index (χ3n) is 16.7. The van der Waals surface area contributed by atoms with Crippen molar-refractivity contribution in [3.63, 3.8) is 0 Å². The van der Waals surface area contributed by atoms with Crippen LogP contribution in [0.3, 0.4) is 0 Å². The number of ether oxygens (including phenoxy) is 4. The summed E-state index contributed by atoms with van der Waals surface area (Å²) in [6, 6.07) is 0. The molecule has 6 fully saturated rings. The number of aliphatic hydroxyl groups excluding tert-OH is 7. The Balaban J connectivity index is 1.17. The second-order valence-corrected chi connectivity index (χ2v) is 19.2. The lowest BCUT2D eigenvalue weighted by Crippen LogP contribution is -2.66. The number of esters is 1. The van der Waals surface area contributed by atoms with E-state index in [4.69, 9.17) is 18.9 Å². The molecule has 12 nitrogen and oxygen atoms in total. The molecule has 12 heteroatoms. The zero-order chi connectivity index (χ0) is 38.6. The number of carbonyl (C=O) groups is 1. The quantitative estimate of drug-likeness (QED) is 0.124. The standard InChI is InChI=1S/C41H64O12/c1-20-10-15-41(36(49)53-35-33(48)31(46)30(45)24(18-42)51-35)17-16-39(6)22(28(41)21(20)2)8-9-26-38(5)13-12-27(37(3,4)25(38)11-14-40(26,39)7)52-34-32(47)29(44)23(43)19-50-34/h8,20,23-35,42-48H,2,9-19H2,1,3-7H3/t20-,23-,24-,25+,26-,27+,28?,29+,30-,31+,32-,33-,34+,35+,38+,39-,40-,41+/m1/s1. The summed E-state index contributed by atoms with van der Waals surface area (Å²) in [5, 5.41) is 72.2. The van der Waals surface area contributed by atoms with E-state index in [9.17, 15) is 40.5 Å². The van der Waals surface area contributed by atoms with Crippen molar-refractivity contribution in [1.29, 1.82) is 0 Å². The van der Waals surface area contributed by atoms with Gasteiger partial charge in [0.1, 0.15) is 42.7 Å². The highest BCUT2D eigenvalue weighted by Crippen LogP contribution is 2.76. The Labute approximate surface area is 313 Å². The number of hydrogen-bond acceptors (Lipinski definition) is 12. The van der Waals surface area contributed by atoms with Gasteiger partial charge in [0, 0.05) is 5.92 Å². The van der Waals surface area contributed by atoms with Crippen LogP contribution in [0.5, 0.6) is 0 Å². The van der Waals surface area contributed by atoms with Crippen molar-refractivity contribution in [3.8, 4) is 0 Å². The van der Waals surface area contributed by atoms with Crippen LogP contribution in [0.1, 0.15) is 99.3 Å². The Hall–Kier alpha value is -1.45. The van der Waals surface area contributed by atoms with Crippen LogP contribution in [0.15, 0.2) is 23.8 Å². The predicted octanol–water partition coefficient (Wildman–Crippen LogP) is 2.73. The second-order valence-electron chi connectivity index (χ2n) is 19.2. The minimum atomic E-state index is -1.67. The van der Waals surface area contributed by atoms with Crippen molar-refractivity contribution in [2.24, 2.45) is 50.7 Å². The number of fused-ring (bicyclic) bond motifs is 7. The molecule has 0 spiro atoms. The molecule has 18 atom stereocenters. The summed E-state index contributed by atoms with van der Waals surface area (Å²) in [7, 11) is 0. The van der Waals surface area contributed by atoms with Crippen LogP contribution in [0.4, 0.5) is 0 Å². The molecular formula is C41H64O12. The molecule has 0 radical (unpaired) electrons. The molecule has 0 bridgehead atoms. The second kappa shape index (κ2) is 13.6. The molecule has 5 aliphatic carbocycles. The third kappa shape index (κ3) is 5.70. The minimum absolute atomic E-state index is 0.0173. The Bertz CT molecular complexity index is 1460. The van der Waals surface area contributed by atoms with E-state index in [2.05, 4.69) is 54.2 Å². The Morgan fingerprint density at radius 3 is 2.25 bits per heavy atom. The van der Waals surface area contributed by atoms with E-state index in [0.717, 1.165) is 50.5 Å². The summed E-state index contributed by atoms with van der Waals surface area (Å²) in [5.74, 6) is 0.117. The fraction of sp³-hybridized carbons (Fsp3) is 0.878. The van der Waals surface area contributed by atoms with Crippen LogP contribution in [0.25, 0.3) is 0 Å². The molecule has 53 heavy (non-hydrogen) atoms. The molecular weight excluding hydrogens is 684 g/mol. The van der Waals surface area contributed by atoms with Gasteiger partial charge < -0.3 is 54.7 Å². The topological polar surface area (TPSA) is 196 Å². The summed E-state index contributed by atoms with van der Waals surface area (Å²) in [6.45, 7) is 17.9. The average Bonchev–Trinajstić information content (AvgIpc) is 3.11. The molecule has 2 heterocycles. The molecule has 0 aromatic carbocycles. The lowest BCUT2D eigenvalue weighted by molar-refractivity contribution is -0.308. The fourth-order valence-corrected chi connectivity index (χ4v) is 13.1. The maximum atomic E-state index is 14.5. The van der Waals surface area contributed by atoms with Crippen molar-refractivity contribution in [3.05, 3.63) is 23.8 Å². The Morgan fingerprint density at radius 1 is 0.849 bits per heavy atom. The van der Waals surface area contributed by atoms with Crippen LogP contribution in [-0.4, -0.2) is 116 Å². The smallest absolute Gasteiger partial charge is 0.315 e. The van der Waals surface area contributed by atoms with Crippen molar-refractivity contribution in [2.45, 2.75) is 161 Å². The molecule has 1 unspecified atom stereocenters. The van der Waals surface area contributed by atoms with Gasteiger partial charge in [-0.05, 0) is 97.2 Å². The van der Waals surface area contributed by atoms with Crippen molar-refractivity contribution >= 4 is 5.97 Å². The highest BCUT2D eigenvalue weighted by atomic mass is 16.7. The summed E-state index contributed by atoms with van der Waals surface area (Å²) in [4.78, 5) is 14.5. The van der Waals surface area contributed by atoms with Gasteiger partial charge in [0.05, 0.1) is 24.7 Å². The first-order valence-corrected chi connectivity index (χ1v) is 20.0. The Morgan fingerprint density at radius 2 is 1.55 bits per heavy atom. The lowest BCUT2D eigenvalue weighted by atomic mass is 9.33. The largest absolute Gasteiger partial charge is 0.432 e. The van der Waals surface area contributed by atoms with Gasteiger partial charge in [-0.25, -0.2) is 0 Å². The molecule has 0 aromatic heterocycles. The lowest BCUT2D eigenvalue weighted by Gasteiger charge is -2.71. The monoisotopic (exact) mass is 748 g/mol. The number of allylic oxidation sites excluding steroid dienone is 3. The SMILES string of the molecule is C=C1C2C3=CC[C@@H]4[C@@]5(C)CC[C@H](O[C@@H]6OC[C@@H](O)[C@H](O)[C@H]6O)C(C)(C)[C@@H]5CC[C@@]4(C)[C@]3(C)CC[C@@]2(C(=O)O[C@@H]2O[C@H](CO)[C@@H](O)[C@H](O)[C@H]2O)CC[C@H]1C. The molecule has 0 amide bonds. The maximum Gasteiger partial charge on any atom is 0.315 e. The first kappa shape index (κ1) is 39.8. The van der Waals surface area contributed by atoms with E-state index < -0.39 is 73.3 Å². The zero-order valence-electron chi connectivity index (χ0n) is 32.3. The minimum Gasteiger partial charge on any atom is -0.432 e. The average molecular weight is 749 g/mol. The molecule has 7 aliphatic rings. The van der Waals surface area contributed by atoms with Gasteiger partial charge in [-0.3, -0.25) is 4.79 Å². The van der Waals surface area contributed by atoms with Crippen LogP contribution >= 0.6 is 0 Å². The third-order valence-corrected chi connectivity index (χ3v) is 16.7.